The summed E-state index contributed by atoms with van der Waals surface area (Å²) in [6.45, 7) is 31.1. The molecule has 0 aliphatic heterocycles. The van der Waals surface area contributed by atoms with E-state index in [9.17, 15) is 9.59 Å². The summed E-state index contributed by atoms with van der Waals surface area (Å²) in [4.78, 5) is 37.8. The number of rotatable bonds is 49. The number of thiophene rings is 5. The molecule has 0 saturated carbocycles. The van der Waals surface area contributed by atoms with Gasteiger partial charge < -0.3 is 9.47 Å². The van der Waals surface area contributed by atoms with Gasteiger partial charge in [0, 0.05) is 72.2 Å². The number of nitrogens with one attached hydrogen (secondary N) is 2. The molecule has 12 rings (SSSR count). The van der Waals surface area contributed by atoms with Crippen molar-refractivity contribution in [2.45, 2.75) is 315 Å². The number of methoxy groups -OCH3 is 2. The fourth-order valence-corrected chi connectivity index (χ4v) is 25.8. The fourth-order valence-electron chi connectivity index (χ4n) is 20.1. The SMILES string of the molecule is C=CC[C@H](N[C@H](C(=O)OC)C(C)C)c1ccc(-c2ccc(-c3ccc4c(c3)-c3c(c5c(c6c3C(CCCCCC)(CCCCCC)c3ccc(-c7ccc(-c8ccc([C@H](CC=C)N[C@H](C(=O)OC)C(C)C)s8)s7)cc3-6)C(CCCCCC)(CCCCCC)c3ccc(-c6ccc(Br)s6)cc3-5)C4(CCCCCC)CCCCCC)s2)s1. The maximum Gasteiger partial charge on any atom is 0.323 e. The third-order valence-electron chi connectivity index (χ3n) is 26.0. The van der Waals surface area contributed by atoms with Crippen molar-refractivity contribution in [2.75, 3.05) is 14.2 Å². The van der Waals surface area contributed by atoms with E-state index < -0.39 is 12.1 Å². The summed E-state index contributed by atoms with van der Waals surface area (Å²) in [5.41, 5.74) is 22.5. The molecule has 115 heavy (non-hydrogen) atoms. The maximum absolute atomic E-state index is 13.2. The Labute approximate surface area is 721 Å². The van der Waals surface area contributed by atoms with E-state index in [1.807, 2.05) is 68.8 Å². The molecule has 0 unspecified atom stereocenters. The van der Waals surface area contributed by atoms with Gasteiger partial charge in [0.2, 0.25) is 0 Å². The number of ether oxygens (including phenoxy) is 2. The summed E-state index contributed by atoms with van der Waals surface area (Å²) < 4.78 is 11.9. The van der Waals surface area contributed by atoms with Crippen LogP contribution in [0.3, 0.4) is 0 Å². The second kappa shape index (κ2) is 41.4. The molecule has 0 fully saturated rings. The van der Waals surface area contributed by atoms with Crippen LogP contribution in [-0.2, 0) is 35.3 Å². The Balaban J connectivity index is 1.18. The molecule has 12 heteroatoms. The quantitative estimate of drug-likeness (QED) is 0.0225. The van der Waals surface area contributed by atoms with E-state index in [1.54, 1.807) is 50.1 Å². The van der Waals surface area contributed by atoms with Crippen LogP contribution in [0.1, 0.15) is 330 Å². The Morgan fingerprint density at radius 2 is 0.652 bits per heavy atom. The third-order valence-corrected chi connectivity index (χ3v) is 32.7. The smallest absolute Gasteiger partial charge is 0.323 e. The van der Waals surface area contributed by atoms with Crippen LogP contribution in [0.15, 0.2) is 144 Å². The van der Waals surface area contributed by atoms with Crippen molar-refractivity contribution in [2.24, 2.45) is 11.8 Å². The third kappa shape index (κ3) is 18.9. The lowest BCUT2D eigenvalue weighted by Gasteiger charge is -2.39. The van der Waals surface area contributed by atoms with Gasteiger partial charge in [0.15, 0.2) is 0 Å². The normalized spacial score (nSPS) is 15.0. The van der Waals surface area contributed by atoms with Gasteiger partial charge in [-0.05, 0) is 241 Å². The molecular formula is C103H133BrN2O4S5. The first kappa shape index (κ1) is 88.5. The van der Waals surface area contributed by atoms with Gasteiger partial charge in [0.25, 0.3) is 0 Å². The summed E-state index contributed by atoms with van der Waals surface area (Å²) in [6, 6.07) is 46.5. The molecule has 3 aliphatic carbocycles. The molecule has 4 atom stereocenters. The van der Waals surface area contributed by atoms with E-state index in [0.717, 1.165) is 38.5 Å². The molecule has 6 nitrogen and oxygen atoms in total. The molecule has 9 aromatic rings. The molecule has 0 saturated heterocycles. The van der Waals surface area contributed by atoms with E-state index in [1.165, 1.54) is 249 Å². The number of benzene rings is 4. The molecular weight excluding hydrogens is 1570 g/mol. The summed E-state index contributed by atoms with van der Waals surface area (Å²) in [5.74, 6) is -0.339. The van der Waals surface area contributed by atoms with Crippen LogP contribution < -0.4 is 10.6 Å². The van der Waals surface area contributed by atoms with E-state index >= 15 is 0 Å². The topological polar surface area (TPSA) is 76.7 Å². The number of hydrogen-bond donors (Lipinski definition) is 2. The molecule has 4 aromatic carbocycles. The lowest BCUT2D eigenvalue weighted by molar-refractivity contribution is -0.145. The second-order valence-corrected chi connectivity index (χ2v) is 41.3. The van der Waals surface area contributed by atoms with Crippen molar-refractivity contribution < 1.29 is 19.1 Å². The number of halogens is 1. The standard InChI is InChI=1S/C103H133BrN2O4S5/c1-15-23-29-35-59-101(60-36-30-24-16-2)76-46-43-70(81-49-53-86(111-81)88-55-51-84(113-88)79(41-21-7)105-97(68(9)10)99(107)109-13)65-73(76)92-94(101)91-74-66-71(82-50-54-87(112-82)89-56-52-85(114-89)80(42-22-8)106-98(69(11)12)100(108)110-14)44-47-77(74)102(61-37-31-25-17-3,62-38-32-26-18-4)95(91)93-75-67-72(83-57-58-90(104)115-83)45-48-78(75)103(96(92)93,63-39-33-27-19-5)64-40-34-28-20-6/h21-22,43-58,65-69,79-80,97-98,105-106H,7-8,15-20,23-42,59-64H2,1-6,9-14H3/t79-,80-,97-,98-/m0/s1. The number of carbonyl (C=O) groups excluding carboxylic acids is 2. The average Bonchev–Trinajstić information content (AvgIpc) is 1.48. The molecule has 5 aromatic heterocycles. The Morgan fingerprint density at radius 1 is 0.374 bits per heavy atom. The van der Waals surface area contributed by atoms with Crippen LogP contribution in [0.25, 0.3) is 84.2 Å². The van der Waals surface area contributed by atoms with E-state index in [4.69, 9.17) is 9.47 Å². The van der Waals surface area contributed by atoms with Gasteiger partial charge in [0.1, 0.15) is 12.1 Å². The highest BCUT2D eigenvalue weighted by molar-refractivity contribution is 9.11. The lowest BCUT2D eigenvalue weighted by atomic mass is 9.63. The highest BCUT2D eigenvalue weighted by Gasteiger charge is 2.58. The predicted octanol–water partition coefficient (Wildman–Crippen LogP) is 32.5. The number of hydrogen-bond acceptors (Lipinski definition) is 11. The summed E-state index contributed by atoms with van der Waals surface area (Å²) >= 11 is 13.4. The van der Waals surface area contributed by atoms with Gasteiger partial charge in [-0.15, -0.1) is 69.8 Å². The monoisotopic (exact) mass is 1700 g/mol. The molecule has 5 heterocycles. The lowest BCUT2D eigenvalue weighted by Crippen LogP contribution is -2.43. The number of esters is 2. The highest BCUT2D eigenvalue weighted by atomic mass is 79.9. The van der Waals surface area contributed by atoms with Gasteiger partial charge >= 0.3 is 11.9 Å². The molecule has 3 aliphatic rings. The first-order valence-corrected chi connectivity index (χ1v) is 49.6. The number of unbranched alkanes of at least 4 members (excludes halogenated alkanes) is 18. The summed E-state index contributed by atoms with van der Waals surface area (Å²) in [7, 11) is 2.98. The van der Waals surface area contributed by atoms with Crippen molar-refractivity contribution >= 4 is 84.6 Å². The molecule has 0 radical (unpaired) electrons. The Kier molecular flexibility index (Phi) is 31.9. The van der Waals surface area contributed by atoms with Crippen molar-refractivity contribution in [3.63, 3.8) is 0 Å². The van der Waals surface area contributed by atoms with Gasteiger partial charge in [-0.2, -0.15) is 0 Å². The van der Waals surface area contributed by atoms with Crippen LogP contribution >= 0.6 is 72.6 Å². The van der Waals surface area contributed by atoms with Gasteiger partial charge in [-0.25, -0.2) is 0 Å². The van der Waals surface area contributed by atoms with E-state index in [-0.39, 0.29) is 52.1 Å². The minimum atomic E-state index is -0.431. The van der Waals surface area contributed by atoms with Crippen molar-refractivity contribution in [1.82, 2.24) is 10.6 Å². The molecule has 0 bridgehead atoms. The van der Waals surface area contributed by atoms with E-state index in [0.29, 0.717) is 12.8 Å². The summed E-state index contributed by atoms with van der Waals surface area (Å²) in [5, 5.41) is 7.41. The highest BCUT2D eigenvalue weighted by Crippen LogP contribution is 2.72. The first-order valence-electron chi connectivity index (χ1n) is 44.7. The Bertz CT molecular complexity index is 4530. The van der Waals surface area contributed by atoms with Crippen molar-refractivity contribution in [3.8, 4) is 84.2 Å². The number of carbonyl (C=O) groups is 2. The first-order chi connectivity index (χ1) is 56.0. The fraction of sp³-hybridized carbons (Fsp3) is 0.515. The largest absolute Gasteiger partial charge is 0.468 e. The van der Waals surface area contributed by atoms with Gasteiger partial charge in [-0.3, -0.25) is 20.2 Å². The van der Waals surface area contributed by atoms with E-state index in [2.05, 4.69) is 224 Å². The van der Waals surface area contributed by atoms with Gasteiger partial charge in [-0.1, -0.05) is 272 Å². The minimum Gasteiger partial charge on any atom is -0.468 e. The minimum absolute atomic E-state index is 0.0613. The molecule has 0 spiro atoms. The molecule has 616 valence electrons. The predicted molar refractivity (Wildman–Crippen MR) is 505 cm³/mol. The Hall–Kier alpha value is -5.80. The number of fused-ring (bicyclic) bond motifs is 12. The van der Waals surface area contributed by atoms with Crippen LogP contribution in [0, 0.1) is 11.8 Å². The van der Waals surface area contributed by atoms with Crippen LogP contribution in [0.4, 0.5) is 0 Å². The van der Waals surface area contributed by atoms with Gasteiger partial charge in [0.05, 0.1) is 18.0 Å². The van der Waals surface area contributed by atoms with Crippen LogP contribution in [0.2, 0.25) is 0 Å². The zero-order valence-corrected chi connectivity index (χ0v) is 77.4. The molecule has 2 N–H and O–H groups in total. The van der Waals surface area contributed by atoms with Crippen LogP contribution in [0.5, 0.6) is 0 Å². The van der Waals surface area contributed by atoms with Crippen LogP contribution in [-0.4, -0.2) is 38.2 Å². The second-order valence-electron chi connectivity index (χ2n) is 34.5. The zero-order valence-electron chi connectivity index (χ0n) is 71.7. The average molecular weight is 1700 g/mol. The van der Waals surface area contributed by atoms with Crippen molar-refractivity contribution in [1.29, 1.82) is 0 Å². The van der Waals surface area contributed by atoms with Crippen molar-refractivity contribution in [3.05, 3.63) is 187 Å². The maximum atomic E-state index is 13.2. The summed E-state index contributed by atoms with van der Waals surface area (Å²) in [6.07, 6.45) is 41.5. The molecule has 0 amide bonds. The Morgan fingerprint density at radius 3 is 0.922 bits per heavy atom. The zero-order chi connectivity index (χ0) is 81.4.